The topological polar surface area (TPSA) is 50.4 Å². The van der Waals surface area contributed by atoms with Crippen molar-refractivity contribution >= 4 is 23.2 Å². The first kappa shape index (κ1) is 15.0. The van der Waals surface area contributed by atoms with Gasteiger partial charge < -0.3 is 15.4 Å². The summed E-state index contributed by atoms with van der Waals surface area (Å²) in [4.78, 5) is 11.6. The predicted molar refractivity (Wildman–Crippen MR) is 74.0 cm³/mol. The molecule has 0 fully saturated rings. The lowest BCUT2D eigenvalue weighted by atomic mass is 10.1. The fraction of sp³-hybridized carbons (Fsp3) is 0.462. The Morgan fingerprint density at radius 1 is 1.33 bits per heavy atom. The van der Waals surface area contributed by atoms with Gasteiger partial charge in [-0.25, -0.2) is 0 Å². The molecule has 0 atom stereocenters. The fourth-order valence-corrected chi connectivity index (χ4v) is 1.41. The zero-order valence-corrected chi connectivity index (χ0v) is 11.7. The summed E-state index contributed by atoms with van der Waals surface area (Å²) in [5.74, 6) is -0.0933. The van der Waals surface area contributed by atoms with E-state index in [1.54, 1.807) is 31.4 Å². The molecule has 1 rings (SSSR count). The number of benzene rings is 1. The smallest absolute Gasteiger partial charge is 0.238 e. The van der Waals surface area contributed by atoms with Crippen molar-refractivity contribution in [2.75, 3.05) is 25.5 Å². The van der Waals surface area contributed by atoms with Gasteiger partial charge in [-0.3, -0.25) is 4.79 Å². The molecular formula is C13H19ClN2O2. The van der Waals surface area contributed by atoms with Gasteiger partial charge in [-0.1, -0.05) is 11.6 Å². The molecule has 4 nitrogen and oxygen atoms in total. The van der Waals surface area contributed by atoms with Gasteiger partial charge >= 0.3 is 0 Å². The Kier molecular flexibility index (Phi) is 5.59. The zero-order chi connectivity index (χ0) is 13.6. The van der Waals surface area contributed by atoms with Gasteiger partial charge in [0, 0.05) is 24.4 Å². The minimum atomic E-state index is -0.277. The summed E-state index contributed by atoms with van der Waals surface area (Å²) in [6.07, 6.45) is 0. The molecule has 0 aliphatic rings. The van der Waals surface area contributed by atoms with Crippen LogP contribution in [0.3, 0.4) is 0 Å². The van der Waals surface area contributed by atoms with E-state index < -0.39 is 0 Å². The molecule has 2 N–H and O–H groups in total. The highest BCUT2D eigenvalue weighted by Crippen LogP contribution is 2.13. The molecule has 100 valence electrons. The Hall–Kier alpha value is -1.10. The number of amides is 1. The van der Waals surface area contributed by atoms with Crippen LogP contribution in [0, 0.1) is 0 Å². The number of nitrogens with one attached hydrogen (secondary N) is 2. The molecule has 0 bridgehead atoms. The first-order valence-electron chi connectivity index (χ1n) is 5.74. The van der Waals surface area contributed by atoms with E-state index in [0.29, 0.717) is 11.6 Å². The molecule has 0 saturated carbocycles. The lowest BCUT2D eigenvalue weighted by Crippen LogP contribution is -2.40. The van der Waals surface area contributed by atoms with E-state index in [1.807, 2.05) is 13.8 Å². The number of anilines is 1. The van der Waals surface area contributed by atoms with Crippen LogP contribution in [0.5, 0.6) is 0 Å². The number of carbonyl (C=O) groups is 1. The Morgan fingerprint density at radius 2 is 1.94 bits per heavy atom. The maximum Gasteiger partial charge on any atom is 0.238 e. The molecular weight excluding hydrogens is 252 g/mol. The van der Waals surface area contributed by atoms with E-state index in [0.717, 1.165) is 5.69 Å². The van der Waals surface area contributed by atoms with Crippen LogP contribution in [0.15, 0.2) is 24.3 Å². The van der Waals surface area contributed by atoms with Crippen molar-refractivity contribution < 1.29 is 9.53 Å². The Labute approximate surface area is 113 Å². The van der Waals surface area contributed by atoms with Crippen molar-refractivity contribution in [2.24, 2.45) is 0 Å². The lowest BCUT2D eigenvalue weighted by molar-refractivity contribution is -0.115. The van der Waals surface area contributed by atoms with E-state index in [2.05, 4.69) is 10.6 Å². The van der Waals surface area contributed by atoms with Crippen LogP contribution in [0.25, 0.3) is 0 Å². The van der Waals surface area contributed by atoms with Gasteiger partial charge in [0.15, 0.2) is 0 Å². The third-order valence-electron chi connectivity index (χ3n) is 2.52. The van der Waals surface area contributed by atoms with Crippen molar-refractivity contribution in [3.05, 3.63) is 29.3 Å². The maximum absolute atomic E-state index is 11.6. The minimum Gasteiger partial charge on any atom is -0.377 e. The van der Waals surface area contributed by atoms with Crippen LogP contribution >= 0.6 is 11.6 Å². The molecule has 0 saturated heterocycles. The molecule has 1 aromatic rings. The Balaban J connectivity index is 2.32. The van der Waals surface area contributed by atoms with Gasteiger partial charge in [-0.05, 0) is 38.1 Å². The van der Waals surface area contributed by atoms with Crippen LogP contribution in [0.4, 0.5) is 5.69 Å². The highest BCUT2D eigenvalue weighted by Gasteiger charge is 2.15. The monoisotopic (exact) mass is 270 g/mol. The summed E-state index contributed by atoms with van der Waals surface area (Å²) in [5.41, 5.74) is 0.456. The summed E-state index contributed by atoms with van der Waals surface area (Å²) in [5, 5.41) is 6.46. The molecule has 18 heavy (non-hydrogen) atoms. The largest absolute Gasteiger partial charge is 0.377 e. The Bertz CT molecular complexity index is 390. The highest BCUT2D eigenvalue weighted by molar-refractivity contribution is 6.30. The summed E-state index contributed by atoms with van der Waals surface area (Å²) < 4.78 is 5.24. The van der Waals surface area contributed by atoms with Crippen molar-refractivity contribution in [2.45, 2.75) is 19.4 Å². The van der Waals surface area contributed by atoms with Crippen LogP contribution in [-0.4, -0.2) is 31.7 Å². The van der Waals surface area contributed by atoms with Crippen LogP contribution < -0.4 is 10.6 Å². The maximum atomic E-state index is 11.6. The third kappa shape index (κ3) is 5.49. The molecule has 1 aromatic carbocycles. The highest BCUT2D eigenvalue weighted by atomic mass is 35.5. The quantitative estimate of drug-likeness (QED) is 0.834. The molecule has 0 aromatic heterocycles. The van der Waals surface area contributed by atoms with Gasteiger partial charge in [0.05, 0.1) is 12.1 Å². The van der Waals surface area contributed by atoms with Gasteiger partial charge in [-0.2, -0.15) is 0 Å². The van der Waals surface area contributed by atoms with Crippen molar-refractivity contribution in [1.82, 2.24) is 5.32 Å². The lowest BCUT2D eigenvalue weighted by Gasteiger charge is -2.23. The van der Waals surface area contributed by atoms with Crippen molar-refractivity contribution in [1.29, 1.82) is 0 Å². The third-order valence-corrected chi connectivity index (χ3v) is 2.77. The van der Waals surface area contributed by atoms with Crippen LogP contribution in [0.2, 0.25) is 5.02 Å². The number of hydrogen-bond acceptors (Lipinski definition) is 3. The summed E-state index contributed by atoms with van der Waals surface area (Å²) in [6, 6.07) is 7.00. The SMILES string of the molecule is COC(C)(C)CNCC(=O)Nc1ccc(Cl)cc1. The van der Waals surface area contributed by atoms with Crippen molar-refractivity contribution in [3.63, 3.8) is 0 Å². The zero-order valence-electron chi connectivity index (χ0n) is 10.9. The second-order valence-corrected chi connectivity index (χ2v) is 5.06. The number of hydrogen-bond donors (Lipinski definition) is 2. The van der Waals surface area contributed by atoms with E-state index >= 15 is 0 Å². The standard InChI is InChI=1S/C13H19ClN2O2/c1-13(2,18-3)9-15-8-12(17)16-11-6-4-10(14)5-7-11/h4-7,15H,8-9H2,1-3H3,(H,16,17). The fourth-order valence-electron chi connectivity index (χ4n) is 1.29. The molecule has 0 heterocycles. The molecule has 0 aliphatic heterocycles. The minimum absolute atomic E-state index is 0.0933. The summed E-state index contributed by atoms with van der Waals surface area (Å²) in [6.45, 7) is 4.77. The van der Waals surface area contributed by atoms with Crippen LogP contribution in [-0.2, 0) is 9.53 Å². The number of halogens is 1. The first-order valence-corrected chi connectivity index (χ1v) is 6.12. The second kappa shape index (κ2) is 6.73. The van der Waals surface area contributed by atoms with Gasteiger partial charge in [-0.15, -0.1) is 0 Å². The van der Waals surface area contributed by atoms with Gasteiger partial charge in [0.1, 0.15) is 0 Å². The molecule has 5 heteroatoms. The van der Waals surface area contributed by atoms with Gasteiger partial charge in [0.25, 0.3) is 0 Å². The second-order valence-electron chi connectivity index (χ2n) is 4.62. The molecule has 0 unspecified atom stereocenters. The first-order chi connectivity index (χ1) is 8.43. The predicted octanol–water partition coefficient (Wildman–Crippen LogP) is 2.29. The number of rotatable bonds is 6. The van der Waals surface area contributed by atoms with E-state index in [9.17, 15) is 4.79 Å². The summed E-state index contributed by atoms with van der Waals surface area (Å²) >= 11 is 5.76. The number of carbonyl (C=O) groups excluding carboxylic acids is 1. The number of ether oxygens (including phenoxy) is 1. The molecule has 1 amide bonds. The van der Waals surface area contributed by atoms with E-state index in [4.69, 9.17) is 16.3 Å². The molecule has 0 radical (unpaired) electrons. The summed E-state index contributed by atoms with van der Waals surface area (Å²) in [7, 11) is 1.65. The normalized spacial score (nSPS) is 11.3. The Morgan fingerprint density at radius 3 is 2.50 bits per heavy atom. The van der Waals surface area contributed by atoms with Crippen LogP contribution in [0.1, 0.15) is 13.8 Å². The van der Waals surface area contributed by atoms with Crippen molar-refractivity contribution in [3.8, 4) is 0 Å². The molecule has 0 spiro atoms. The molecule has 0 aliphatic carbocycles. The van der Waals surface area contributed by atoms with E-state index in [1.165, 1.54) is 0 Å². The van der Waals surface area contributed by atoms with E-state index in [-0.39, 0.29) is 18.1 Å². The van der Waals surface area contributed by atoms with Gasteiger partial charge in [0.2, 0.25) is 5.91 Å². The number of methoxy groups -OCH3 is 1. The average Bonchev–Trinajstić information content (AvgIpc) is 2.32. The average molecular weight is 271 g/mol.